The predicted octanol–water partition coefficient (Wildman–Crippen LogP) is 32.1. The zero-order chi connectivity index (χ0) is 89.1. The number of halogens is 2. The van der Waals surface area contributed by atoms with E-state index in [1.165, 1.54) is 22.3 Å². The Morgan fingerprint density at radius 1 is 0.209 bits per heavy atom. The fraction of sp³-hybridized carbons (Fsp3) is 0.164. The van der Waals surface area contributed by atoms with Gasteiger partial charge in [0.05, 0.1) is 33.4 Å². The molecule has 2 aromatic heterocycles. The van der Waals surface area contributed by atoms with Gasteiger partial charge in [0.25, 0.3) is 6.71 Å². The average Bonchev–Trinajstić information content (AvgIpc) is 1.32. The lowest BCUT2D eigenvalue weighted by Crippen LogP contribution is -2.61. The van der Waals surface area contributed by atoms with Crippen LogP contribution in [0.1, 0.15) is 132 Å². The molecule has 0 saturated carbocycles. The molecule has 0 atom stereocenters. The average molecular weight is 1680 g/mol. The minimum absolute atomic E-state index is 0.0308. The second-order valence-electron chi connectivity index (χ2n) is 40.8. The van der Waals surface area contributed by atoms with Crippen molar-refractivity contribution in [2.24, 2.45) is 0 Å². The quantitative estimate of drug-likeness (QED) is 0.113. The molecule has 0 fully saturated rings. The topological polar surface area (TPSA) is 16.3 Å². The number of para-hydroxylation sites is 4. The highest BCUT2D eigenvalue weighted by Crippen LogP contribution is 2.56. The Hall–Kier alpha value is -14.1. The molecule has 0 aliphatic carbocycles. The van der Waals surface area contributed by atoms with Gasteiger partial charge in [0, 0.05) is 77.9 Å². The lowest BCUT2D eigenvalue weighted by molar-refractivity contribution is 0.590. The van der Waals surface area contributed by atoms with Crippen LogP contribution in [0.3, 0.4) is 0 Å². The Bertz CT molecular complexity index is 7010. The molecule has 129 heavy (non-hydrogen) atoms. The second kappa shape index (κ2) is 30.8. The zero-order valence-corrected chi connectivity index (χ0v) is 76.3. The maximum absolute atomic E-state index is 16.1. The SMILES string of the molecule is CC(C)(C)c1ccc(-c2cccc(-c3cccc(-c4cccc(-c5ccc(C(C)(C)C)cc5)c4)c3N3c4cc(-n5c6ccccc6c6cc(F)ccc65)ccc4B4c5ccc(-n6c7ccccc7c7cc(F)ccc76)cc5N(c5c(-c6cccc(-c7ccc(C(C)(C)C)cc7)c6)cccc5-c5cccc(-c6ccc(C(C)(C)C)cc6)c5)c5cc(C(C)(C)C)cc3c54)c2)cc1. The van der Waals surface area contributed by atoms with Crippen molar-refractivity contribution in [2.45, 2.75) is 131 Å². The molecule has 17 aromatic carbocycles. The first-order valence-electron chi connectivity index (χ1n) is 45.5. The van der Waals surface area contributed by atoms with Gasteiger partial charge in [-0.25, -0.2) is 8.78 Å². The van der Waals surface area contributed by atoms with Crippen LogP contribution < -0.4 is 26.2 Å². The number of hydrogen-bond acceptors (Lipinski definition) is 2. The first kappa shape index (κ1) is 81.9. The van der Waals surface area contributed by atoms with E-state index >= 15 is 8.78 Å². The van der Waals surface area contributed by atoms with Crippen molar-refractivity contribution in [3.63, 3.8) is 0 Å². The molecule has 630 valence electrons. The molecule has 2 aliphatic rings. The molecular weight excluding hydrogens is 1570 g/mol. The van der Waals surface area contributed by atoms with Crippen molar-refractivity contribution >= 4 is 101 Å². The molecule has 4 nitrogen and oxygen atoms in total. The molecule has 0 amide bonds. The van der Waals surface area contributed by atoms with Crippen LogP contribution in [0.5, 0.6) is 0 Å². The van der Waals surface area contributed by atoms with Gasteiger partial charge in [0.1, 0.15) is 11.6 Å². The molecule has 0 N–H and O–H groups in total. The maximum atomic E-state index is 16.1. The molecule has 7 heteroatoms. The summed E-state index contributed by atoms with van der Waals surface area (Å²) < 4.78 is 36.8. The summed E-state index contributed by atoms with van der Waals surface area (Å²) in [5.41, 5.74) is 38.2. The molecule has 0 spiro atoms. The summed E-state index contributed by atoms with van der Waals surface area (Å²) in [6, 6.07) is 134. The van der Waals surface area contributed by atoms with E-state index in [0.29, 0.717) is 0 Å². The zero-order valence-electron chi connectivity index (χ0n) is 76.3. The lowest BCUT2D eigenvalue weighted by Gasteiger charge is -2.46. The number of fused-ring (bicyclic) bond motifs is 10. The molecule has 0 radical (unpaired) electrons. The highest BCUT2D eigenvalue weighted by Gasteiger charge is 2.47. The number of nitrogens with zero attached hydrogens (tertiary/aromatic N) is 4. The van der Waals surface area contributed by atoms with Crippen LogP contribution in [0, 0.1) is 11.6 Å². The van der Waals surface area contributed by atoms with E-state index < -0.39 is 12.1 Å². The van der Waals surface area contributed by atoms with Gasteiger partial charge < -0.3 is 18.9 Å². The standard InChI is InChI=1S/C122H105BF2N4/c1-118(2,3)88-50-42-76(43-51-88)80-26-20-30-84(66-80)97-36-24-37-98(85-31-21-27-81(67-85)77-44-52-89(53-45-77)119(4,5)6)116(97)128-111-74-95(126-107-40-18-16-34-101(107)103-72-93(124)58-64-109(103)126)60-62-105(111)123-106-63-61-96(127-108-41-19-17-35-102(108)104-73-94(125)59-65-110(104)127)75-112(106)129(114-71-92(122(13,14)15)70-113(128)115(114)123)117-99(86-32-22-28-82(68-86)78-46-54-90(55-47-78)120(7,8)9)38-25-39-100(117)87-33-23-29-83(69-87)79-48-56-91(57-49-79)121(10,11)12/h16-75H,1-15H3. The third-order valence-electron chi connectivity index (χ3n) is 27.2. The molecule has 0 bridgehead atoms. The van der Waals surface area contributed by atoms with Crippen LogP contribution in [0.4, 0.5) is 42.9 Å². The first-order chi connectivity index (χ1) is 61.9. The minimum Gasteiger partial charge on any atom is -0.310 e. The minimum atomic E-state index is -0.467. The van der Waals surface area contributed by atoms with Gasteiger partial charge in [0.15, 0.2) is 0 Å². The highest BCUT2D eigenvalue weighted by molar-refractivity contribution is 7.00. The van der Waals surface area contributed by atoms with Crippen LogP contribution in [-0.4, -0.2) is 15.8 Å². The van der Waals surface area contributed by atoms with Gasteiger partial charge in [-0.05, 0) is 247 Å². The van der Waals surface area contributed by atoms with E-state index in [-0.39, 0.29) is 33.3 Å². The molecule has 4 heterocycles. The van der Waals surface area contributed by atoms with E-state index in [2.05, 4.69) is 450 Å². The summed E-state index contributed by atoms with van der Waals surface area (Å²) in [6.07, 6.45) is 0. The third-order valence-corrected chi connectivity index (χ3v) is 27.2. The Kier molecular flexibility index (Phi) is 19.6. The summed E-state index contributed by atoms with van der Waals surface area (Å²) in [5, 5.41) is 3.61. The molecule has 0 unspecified atom stereocenters. The van der Waals surface area contributed by atoms with E-state index in [4.69, 9.17) is 0 Å². The Labute approximate surface area is 758 Å². The molecule has 21 rings (SSSR count). The molecule has 2 aliphatic heterocycles. The van der Waals surface area contributed by atoms with Crippen LogP contribution in [0.2, 0.25) is 0 Å². The van der Waals surface area contributed by atoms with E-state index in [0.717, 1.165) is 200 Å². The van der Waals surface area contributed by atoms with Crippen LogP contribution >= 0.6 is 0 Å². The van der Waals surface area contributed by atoms with Crippen LogP contribution in [0.25, 0.3) is 144 Å². The van der Waals surface area contributed by atoms with Crippen molar-refractivity contribution in [3.05, 3.63) is 403 Å². The van der Waals surface area contributed by atoms with E-state index in [1.54, 1.807) is 24.3 Å². The first-order valence-corrected chi connectivity index (χ1v) is 45.5. The monoisotopic (exact) mass is 1670 g/mol. The normalized spacial score (nSPS) is 13.0. The Morgan fingerprint density at radius 2 is 0.488 bits per heavy atom. The van der Waals surface area contributed by atoms with E-state index in [9.17, 15) is 0 Å². The number of anilines is 6. The fourth-order valence-corrected chi connectivity index (χ4v) is 20.2. The third kappa shape index (κ3) is 14.5. The maximum Gasteiger partial charge on any atom is 0.252 e. The van der Waals surface area contributed by atoms with Crippen molar-refractivity contribution in [1.29, 1.82) is 0 Å². The second-order valence-corrected chi connectivity index (χ2v) is 40.8. The number of hydrogen-bond donors (Lipinski definition) is 0. The number of aromatic nitrogens is 2. The van der Waals surface area contributed by atoms with Gasteiger partial charge in [-0.2, -0.15) is 0 Å². The smallest absolute Gasteiger partial charge is 0.252 e. The van der Waals surface area contributed by atoms with Gasteiger partial charge in [-0.1, -0.05) is 359 Å². The summed E-state index contributed by atoms with van der Waals surface area (Å²) >= 11 is 0. The number of benzene rings is 17. The van der Waals surface area contributed by atoms with Crippen LogP contribution in [0.15, 0.2) is 364 Å². The summed E-state index contributed by atoms with van der Waals surface area (Å²) in [4.78, 5) is 5.34. The van der Waals surface area contributed by atoms with Crippen molar-refractivity contribution < 1.29 is 8.78 Å². The van der Waals surface area contributed by atoms with Gasteiger partial charge in [0.2, 0.25) is 0 Å². The largest absolute Gasteiger partial charge is 0.310 e. The summed E-state index contributed by atoms with van der Waals surface area (Å²) in [7, 11) is 0. The van der Waals surface area contributed by atoms with Gasteiger partial charge in [-0.3, -0.25) is 0 Å². The van der Waals surface area contributed by atoms with Crippen LogP contribution in [-0.2, 0) is 27.1 Å². The van der Waals surface area contributed by atoms with Crippen molar-refractivity contribution in [1.82, 2.24) is 9.13 Å². The molecular formula is C122H105BF2N4. The highest BCUT2D eigenvalue weighted by atomic mass is 19.1. The van der Waals surface area contributed by atoms with Crippen molar-refractivity contribution in [3.8, 4) is 100 Å². The lowest BCUT2D eigenvalue weighted by atomic mass is 9.33. The number of rotatable bonds is 12. The Morgan fingerprint density at radius 3 is 0.791 bits per heavy atom. The van der Waals surface area contributed by atoms with Gasteiger partial charge in [-0.15, -0.1) is 0 Å². The fourth-order valence-electron chi connectivity index (χ4n) is 20.2. The van der Waals surface area contributed by atoms with Crippen molar-refractivity contribution in [2.75, 3.05) is 9.80 Å². The molecule has 19 aromatic rings. The van der Waals surface area contributed by atoms with E-state index in [1.807, 2.05) is 12.1 Å². The predicted molar refractivity (Wildman–Crippen MR) is 546 cm³/mol. The van der Waals surface area contributed by atoms with Gasteiger partial charge >= 0.3 is 0 Å². The summed E-state index contributed by atoms with van der Waals surface area (Å²) in [6.45, 7) is 34.0. The Balaban J connectivity index is 0.906. The summed E-state index contributed by atoms with van der Waals surface area (Å²) in [5.74, 6) is -0.572. The molecule has 0 saturated heterocycles.